The summed E-state index contributed by atoms with van der Waals surface area (Å²) < 4.78 is 3.82. The second-order valence-corrected chi connectivity index (χ2v) is 1.36. The Balaban J connectivity index is 2.45. The summed E-state index contributed by atoms with van der Waals surface area (Å²) in [4.78, 5) is 4.34. The third kappa shape index (κ3) is 6.21. The van der Waals surface area contributed by atoms with Gasteiger partial charge in [0.25, 0.3) is 0 Å². The molecule has 7 heavy (non-hydrogen) atoms. The summed E-state index contributed by atoms with van der Waals surface area (Å²) in [6.07, 6.45) is 2.09. The van der Waals surface area contributed by atoms with Gasteiger partial charge in [-0.05, 0) is 6.42 Å². The lowest BCUT2D eigenvalue weighted by Gasteiger charge is -1.91. The Morgan fingerprint density at radius 2 is 2.29 bits per heavy atom. The second kappa shape index (κ2) is 6.21. The lowest BCUT2D eigenvalue weighted by atomic mass is 10.4. The van der Waals surface area contributed by atoms with Crippen LogP contribution in [0.5, 0.6) is 0 Å². The molecule has 0 N–H and O–H groups in total. The highest BCUT2D eigenvalue weighted by molar-refractivity contribution is 6.06. The van der Waals surface area contributed by atoms with E-state index in [1.165, 1.54) is 0 Å². The first kappa shape index (κ1) is 7.21. The first-order valence-corrected chi connectivity index (χ1v) is 2.63. The molecular formula is C4H9ClO2. The number of hydrogen-bond donors (Lipinski definition) is 0. The minimum absolute atomic E-state index is 0.583. The SMILES string of the molecule is CCCCOOCl. The van der Waals surface area contributed by atoms with Crippen molar-refractivity contribution in [2.24, 2.45) is 0 Å². The Labute approximate surface area is 48.5 Å². The number of rotatable bonds is 4. The molecule has 0 saturated heterocycles. The molecule has 0 heterocycles. The standard InChI is InChI=1S/C4H9ClO2/c1-2-3-4-6-7-5/h2-4H2,1H3. The van der Waals surface area contributed by atoms with Gasteiger partial charge in [0.1, 0.15) is 0 Å². The summed E-state index contributed by atoms with van der Waals surface area (Å²) in [5, 5.41) is 0. The Hall–Kier alpha value is 0.210. The smallest absolute Gasteiger partial charge is 0.0999 e. The summed E-state index contributed by atoms with van der Waals surface area (Å²) in [6, 6.07) is 0. The predicted molar refractivity (Wildman–Crippen MR) is 27.8 cm³/mol. The average Bonchev–Trinajstić information content (AvgIpc) is 1.69. The zero-order valence-electron chi connectivity index (χ0n) is 4.32. The van der Waals surface area contributed by atoms with Gasteiger partial charge in [-0.2, -0.15) is 0 Å². The van der Waals surface area contributed by atoms with Gasteiger partial charge >= 0.3 is 0 Å². The molecule has 0 amide bonds. The van der Waals surface area contributed by atoms with Crippen molar-refractivity contribution in [3.63, 3.8) is 0 Å². The molecule has 2 nitrogen and oxygen atoms in total. The third-order valence-electron chi connectivity index (χ3n) is 0.626. The van der Waals surface area contributed by atoms with Crippen molar-refractivity contribution in [1.29, 1.82) is 0 Å². The van der Waals surface area contributed by atoms with Crippen LogP contribution in [0.2, 0.25) is 0 Å². The van der Waals surface area contributed by atoms with E-state index in [0.29, 0.717) is 6.61 Å². The molecule has 0 unspecified atom stereocenters. The molecule has 0 aromatic heterocycles. The van der Waals surface area contributed by atoms with E-state index in [9.17, 15) is 0 Å². The van der Waals surface area contributed by atoms with Gasteiger partial charge in [-0.1, -0.05) is 13.3 Å². The van der Waals surface area contributed by atoms with Crippen molar-refractivity contribution in [1.82, 2.24) is 0 Å². The zero-order chi connectivity index (χ0) is 5.54. The Bertz CT molecular complexity index is 28.9. The van der Waals surface area contributed by atoms with Crippen LogP contribution >= 0.6 is 11.9 Å². The highest BCUT2D eigenvalue weighted by atomic mass is 35.5. The normalized spacial score (nSPS) is 9.43. The largest absolute Gasteiger partial charge is 0.218 e. The van der Waals surface area contributed by atoms with Crippen molar-refractivity contribution in [3.05, 3.63) is 0 Å². The van der Waals surface area contributed by atoms with Crippen molar-refractivity contribution < 1.29 is 9.33 Å². The molecule has 0 saturated carbocycles. The maximum Gasteiger partial charge on any atom is 0.0999 e. The van der Waals surface area contributed by atoms with E-state index >= 15 is 0 Å². The molecule has 0 spiro atoms. The highest BCUT2D eigenvalue weighted by Crippen LogP contribution is 1.89. The van der Waals surface area contributed by atoms with Crippen LogP contribution in [0.4, 0.5) is 0 Å². The van der Waals surface area contributed by atoms with Crippen LogP contribution < -0.4 is 0 Å². The molecule has 3 heteroatoms. The Morgan fingerprint density at radius 1 is 1.57 bits per heavy atom. The van der Waals surface area contributed by atoms with E-state index in [2.05, 4.69) is 16.3 Å². The van der Waals surface area contributed by atoms with Crippen LogP contribution in [-0.4, -0.2) is 6.61 Å². The number of halogens is 1. The molecule has 0 aromatic carbocycles. The molecule has 0 aromatic rings. The van der Waals surface area contributed by atoms with E-state index in [-0.39, 0.29) is 0 Å². The van der Waals surface area contributed by atoms with Crippen molar-refractivity contribution in [2.45, 2.75) is 19.8 Å². The second-order valence-electron chi connectivity index (χ2n) is 1.24. The van der Waals surface area contributed by atoms with Gasteiger partial charge in [0.05, 0.1) is 18.5 Å². The van der Waals surface area contributed by atoms with Crippen molar-refractivity contribution in [3.8, 4) is 0 Å². The van der Waals surface area contributed by atoms with Gasteiger partial charge in [0.2, 0.25) is 0 Å². The molecule has 44 valence electrons. The average molecular weight is 125 g/mol. The molecule has 0 atom stereocenters. The minimum atomic E-state index is 0.583. The fourth-order valence-corrected chi connectivity index (χ4v) is 0.298. The van der Waals surface area contributed by atoms with Gasteiger partial charge in [0, 0.05) is 0 Å². The zero-order valence-corrected chi connectivity index (χ0v) is 5.07. The fourth-order valence-electron chi connectivity index (χ4n) is 0.235. The molecule has 0 aliphatic carbocycles. The third-order valence-corrected chi connectivity index (χ3v) is 0.715. The summed E-state index contributed by atoms with van der Waals surface area (Å²) in [5.41, 5.74) is 0. The first-order valence-electron chi connectivity index (χ1n) is 2.32. The van der Waals surface area contributed by atoms with Gasteiger partial charge in [-0.15, -0.1) is 4.44 Å². The van der Waals surface area contributed by atoms with Crippen LogP contribution in [0.15, 0.2) is 0 Å². The van der Waals surface area contributed by atoms with Gasteiger partial charge in [0.15, 0.2) is 0 Å². The molecule has 0 fully saturated rings. The topological polar surface area (TPSA) is 18.5 Å². The monoisotopic (exact) mass is 124 g/mol. The maximum absolute atomic E-state index is 4.72. The molecular weight excluding hydrogens is 115 g/mol. The van der Waals surface area contributed by atoms with Gasteiger partial charge in [-0.3, -0.25) is 0 Å². The molecule has 0 rings (SSSR count). The summed E-state index contributed by atoms with van der Waals surface area (Å²) >= 11 is 4.72. The minimum Gasteiger partial charge on any atom is -0.218 e. The Kier molecular flexibility index (Phi) is 6.40. The van der Waals surface area contributed by atoms with Gasteiger partial charge in [-0.25, -0.2) is 4.89 Å². The summed E-state index contributed by atoms with van der Waals surface area (Å²) in [7, 11) is 0. The van der Waals surface area contributed by atoms with Crippen LogP contribution in [0.3, 0.4) is 0 Å². The van der Waals surface area contributed by atoms with E-state index in [4.69, 9.17) is 11.9 Å². The van der Waals surface area contributed by atoms with Crippen molar-refractivity contribution in [2.75, 3.05) is 6.61 Å². The number of unbranched alkanes of at least 4 members (excludes halogenated alkanes) is 1. The van der Waals surface area contributed by atoms with E-state index in [1.807, 2.05) is 0 Å². The maximum atomic E-state index is 4.72. The Morgan fingerprint density at radius 3 is 2.71 bits per heavy atom. The first-order chi connectivity index (χ1) is 3.41. The van der Waals surface area contributed by atoms with Crippen LogP contribution in [0.25, 0.3) is 0 Å². The quantitative estimate of drug-likeness (QED) is 0.324. The van der Waals surface area contributed by atoms with Crippen LogP contribution in [-0.2, 0) is 9.33 Å². The van der Waals surface area contributed by atoms with E-state index in [0.717, 1.165) is 12.8 Å². The molecule has 0 aliphatic heterocycles. The van der Waals surface area contributed by atoms with E-state index in [1.54, 1.807) is 0 Å². The van der Waals surface area contributed by atoms with Crippen molar-refractivity contribution >= 4 is 11.9 Å². The lowest BCUT2D eigenvalue weighted by molar-refractivity contribution is -0.202. The molecule has 0 bridgehead atoms. The van der Waals surface area contributed by atoms with Crippen LogP contribution in [0, 0.1) is 0 Å². The fraction of sp³-hybridized carbons (Fsp3) is 1.00. The van der Waals surface area contributed by atoms with Gasteiger partial charge < -0.3 is 0 Å². The summed E-state index contributed by atoms with van der Waals surface area (Å²) in [5.74, 6) is 0. The number of hydrogen-bond acceptors (Lipinski definition) is 2. The highest BCUT2D eigenvalue weighted by Gasteiger charge is 1.81. The molecule has 0 radical (unpaired) electrons. The summed E-state index contributed by atoms with van der Waals surface area (Å²) in [6.45, 7) is 2.65. The van der Waals surface area contributed by atoms with E-state index < -0.39 is 0 Å². The van der Waals surface area contributed by atoms with Crippen LogP contribution in [0.1, 0.15) is 19.8 Å². The predicted octanol–water partition coefficient (Wildman–Crippen LogP) is 1.89. The molecule has 0 aliphatic rings. The lowest BCUT2D eigenvalue weighted by Crippen LogP contribution is -1.86.